The Bertz CT molecular complexity index is 1110. The molecule has 0 aliphatic heterocycles. The van der Waals surface area contributed by atoms with Gasteiger partial charge in [-0.15, -0.1) is 0 Å². The number of hydrogen-bond acceptors (Lipinski definition) is 3. The first kappa shape index (κ1) is 18.4. The van der Waals surface area contributed by atoms with Gasteiger partial charge in [-0.25, -0.2) is 4.68 Å². The predicted octanol–water partition coefficient (Wildman–Crippen LogP) is 4.00. The quantitative estimate of drug-likeness (QED) is 0.731. The molecule has 1 unspecified atom stereocenters. The number of carbonyl (C=O) groups excluding carboxylic acids is 1. The Morgan fingerprint density at radius 1 is 1.18 bits per heavy atom. The molecule has 6 heteroatoms. The van der Waals surface area contributed by atoms with E-state index in [-0.39, 0.29) is 11.7 Å². The van der Waals surface area contributed by atoms with Gasteiger partial charge in [0.25, 0.3) is 5.91 Å². The number of aryl methyl sites for hydroxylation is 2. The highest BCUT2D eigenvalue weighted by Gasteiger charge is 2.24. The van der Waals surface area contributed by atoms with Crippen LogP contribution < -0.4 is 10.7 Å². The van der Waals surface area contributed by atoms with Crippen molar-refractivity contribution < 1.29 is 4.79 Å². The summed E-state index contributed by atoms with van der Waals surface area (Å²) in [5.41, 5.74) is 3.05. The van der Waals surface area contributed by atoms with E-state index in [1.165, 1.54) is 16.3 Å². The van der Waals surface area contributed by atoms with Crippen LogP contribution in [0.1, 0.15) is 46.2 Å². The maximum Gasteiger partial charge on any atom is 0.276 e. The van der Waals surface area contributed by atoms with Crippen LogP contribution in [0, 0.1) is 6.92 Å². The van der Waals surface area contributed by atoms with Crippen molar-refractivity contribution in [2.75, 3.05) is 0 Å². The van der Waals surface area contributed by atoms with Gasteiger partial charge in [-0.1, -0.05) is 48.0 Å². The Hall–Kier alpha value is -2.92. The number of rotatable bonds is 3. The summed E-state index contributed by atoms with van der Waals surface area (Å²) in [6, 6.07) is 16.6. The van der Waals surface area contributed by atoms with E-state index in [1.807, 2.05) is 30.3 Å². The summed E-state index contributed by atoms with van der Waals surface area (Å²) in [6.45, 7) is 1.76. The van der Waals surface area contributed by atoms with Gasteiger partial charge in [0.05, 0.1) is 16.8 Å². The van der Waals surface area contributed by atoms with Crippen molar-refractivity contribution >= 4 is 17.5 Å². The van der Waals surface area contributed by atoms with Crippen molar-refractivity contribution in [1.82, 2.24) is 15.1 Å². The number of halogens is 1. The zero-order valence-corrected chi connectivity index (χ0v) is 16.2. The van der Waals surface area contributed by atoms with Crippen LogP contribution in [-0.4, -0.2) is 15.7 Å². The third-order valence-electron chi connectivity index (χ3n) is 5.08. The molecule has 0 bridgehead atoms. The fourth-order valence-electron chi connectivity index (χ4n) is 3.70. The van der Waals surface area contributed by atoms with Crippen molar-refractivity contribution in [3.8, 4) is 5.69 Å². The first-order chi connectivity index (χ1) is 13.5. The van der Waals surface area contributed by atoms with Gasteiger partial charge >= 0.3 is 0 Å². The Morgan fingerprint density at radius 2 is 1.93 bits per heavy atom. The van der Waals surface area contributed by atoms with E-state index in [0.717, 1.165) is 24.8 Å². The highest BCUT2D eigenvalue weighted by Crippen LogP contribution is 2.29. The standard InChI is InChI=1S/C22H20ClN3O2/c1-14-13-20(27)21(25-26(14)19-12-5-4-10-17(19)23)22(28)24-18-11-6-8-15-7-2-3-9-16(15)18/h2-5,7,9-10,12-13,18H,6,8,11H2,1H3,(H,24,28). The minimum Gasteiger partial charge on any atom is -0.344 e. The van der Waals surface area contributed by atoms with Crippen LogP contribution in [0.3, 0.4) is 0 Å². The summed E-state index contributed by atoms with van der Waals surface area (Å²) in [6.07, 6.45) is 2.84. The van der Waals surface area contributed by atoms with E-state index in [1.54, 1.807) is 19.1 Å². The second-order valence-electron chi connectivity index (χ2n) is 6.98. The number of nitrogens with one attached hydrogen (secondary N) is 1. The van der Waals surface area contributed by atoms with Crippen molar-refractivity contribution in [3.63, 3.8) is 0 Å². The fourth-order valence-corrected chi connectivity index (χ4v) is 3.92. The zero-order valence-electron chi connectivity index (χ0n) is 15.5. The molecule has 0 radical (unpaired) electrons. The smallest absolute Gasteiger partial charge is 0.276 e. The Labute approximate surface area is 168 Å². The van der Waals surface area contributed by atoms with E-state index in [4.69, 9.17) is 11.6 Å². The lowest BCUT2D eigenvalue weighted by Gasteiger charge is -2.26. The zero-order chi connectivity index (χ0) is 19.7. The number of amides is 1. The molecule has 1 aliphatic rings. The molecule has 0 saturated carbocycles. The Morgan fingerprint density at radius 3 is 2.75 bits per heavy atom. The monoisotopic (exact) mass is 393 g/mol. The van der Waals surface area contributed by atoms with Crippen LogP contribution in [0.5, 0.6) is 0 Å². The number of nitrogens with zero attached hydrogens (tertiary/aromatic N) is 2. The maximum absolute atomic E-state index is 12.9. The molecule has 5 nitrogen and oxygen atoms in total. The van der Waals surface area contributed by atoms with E-state index < -0.39 is 11.3 Å². The highest BCUT2D eigenvalue weighted by atomic mass is 35.5. The van der Waals surface area contributed by atoms with Crippen LogP contribution in [-0.2, 0) is 6.42 Å². The summed E-state index contributed by atoms with van der Waals surface area (Å²) >= 11 is 6.27. The molecule has 1 aliphatic carbocycles. The van der Waals surface area contributed by atoms with E-state index in [9.17, 15) is 9.59 Å². The van der Waals surface area contributed by atoms with E-state index in [2.05, 4.69) is 16.5 Å². The molecule has 1 aromatic heterocycles. The normalized spacial score (nSPS) is 15.7. The second-order valence-corrected chi connectivity index (χ2v) is 7.39. The lowest BCUT2D eigenvalue weighted by Crippen LogP contribution is -2.35. The number of fused-ring (bicyclic) bond motifs is 1. The minimum atomic E-state index is -0.465. The van der Waals surface area contributed by atoms with Gasteiger partial charge in [0.15, 0.2) is 5.69 Å². The first-order valence-corrected chi connectivity index (χ1v) is 9.67. The SMILES string of the molecule is Cc1cc(=O)c(C(=O)NC2CCCc3ccccc32)nn1-c1ccccc1Cl. The summed E-state index contributed by atoms with van der Waals surface area (Å²) in [5.74, 6) is -0.465. The molecule has 1 amide bonds. The van der Waals surface area contributed by atoms with E-state index >= 15 is 0 Å². The van der Waals surface area contributed by atoms with Gasteiger partial charge in [0.2, 0.25) is 5.43 Å². The number of aromatic nitrogens is 2. The van der Waals surface area contributed by atoms with Crippen molar-refractivity contribution in [1.29, 1.82) is 0 Å². The molecule has 142 valence electrons. The van der Waals surface area contributed by atoms with Gasteiger partial charge in [-0.3, -0.25) is 9.59 Å². The van der Waals surface area contributed by atoms with Gasteiger partial charge in [0.1, 0.15) is 0 Å². The molecule has 3 aromatic rings. The molecule has 28 heavy (non-hydrogen) atoms. The molecule has 0 saturated heterocycles. The van der Waals surface area contributed by atoms with Crippen LogP contribution in [0.2, 0.25) is 5.02 Å². The maximum atomic E-state index is 12.9. The number of carbonyl (C=O) groups is 1. The molecule has 4 rings (SSSR count). The first-order valence-electron chi connectivity index (χ1n) is 9.29. The average molecular weight is 394 g/mol. The third-order valence-corrected chi connectivity index (χ3v) is 5.40. The fraction of sp³-hybridized carbons (Fsp3) is 0.227. The lowest BCUT2D eigenvalue weighted by molar-refractivity contribution is 0.0924. The summed E-state index contributed by atoms with van der Waals surface area (Å²) in [7, 11) is 0. The summed E-state index contributed by atoms with van der Waals surface area (Å²) < 4.78 is 1.54. The van der Waals surface area contributed by atoms with Gasteiger partial charge in [-0.05, 0) is 49.4 Å². The Balaban J connectivity index is 1.68. The lowest BCUT2D eigenvalue weighted by atomic mass is 9.87. The molecular weight excluding hydrogens is 374 g/mol. The molecule has 0 fully saturated rings. The topological polar surface area (TPSA) is 64.0 Å². The highest BCUT2D eigenvalue weighted by molar-refractivity contribution is 6.32. The number of hydrogen-bond donors (Lipinski definition) is 1. The van der Waals surface area contributed by atoms with Crippen LogP contribution in [0.15, 0.2) is 59.4 Å². The second kappa shape index (κ2) is 7.60. The predicted molar refractivity (Wildman–Crippen MR) is 109 cm³/mol. The minimum absolute atomic E-state index is 0.117. The summed E-state index contributed by atoms with van der Waals surface area (Å²) in [5, 5.41) is 7.82. The average Bonchev–Trinajstić information content (AvgIpc) is 2.69. The molecule has 1 heterocycles. The molecule has 1 N–H and O–H groups in total. The van der Waals surface area contributed by atoms with Gasteiger partial charge in [-0.2, -0.15) is 5.10 Å². The molecule has 1 atom stereocenters. The third kappa shape index (κ3) is 3.45. The van der Waals surface area contributed by atoms with Crippen LogP contribution in [0.25, 0.3) is 5.69 Å². The van der Waals surface area contributed by atoms with Gasteiger partial charge < -0.3 is 5.32 Å². The molecule has 2 aromatic carbocycles. The van der Waals surface area contributed by atoms with Crippen molar-refractivity contribution in [3.05, 3.63) is 92.4 Å². The Kier molecular flexibility index (Phi) is 5.01. The number of benzene rings is 2. The van der Waals surface area contributed by atoms with E-state index in [0.29, 0.717) is 16.4 Å². The number of para-hydroxylation sites is 1. The van der Waals surface area contributed by atoms with Gasteiger partial charge in [0, 0.05) is 11.8 Å². The molecule has 0 spiro atoms. The van der Waals surface area contributed by atoms with Crippen molar-refractivity contribution in [2.45, 2.75) is 32.2 Å². The summed E-state index contributed by atoms with van der Waals surface area (Å²) in [4.78, 5) is 25.4. The molecular formula is C22H20ClN3O2. The largest absolute Gasteiger partial charge is 0.344 e. The van der Waals surface area contributed by atoms with Crippen LogP contribution in [0.4, 0.5) is 0 Å². The van der Waals surface area contributed by atoms with Crippen LogP contribution >= 0.6 is 11.6 Å². The van der Waals surface area contributed by atoms with Crippen molar-refractivity contribution in [2.24, 2.45) is 0 Å².